The number of aromatic nitrogens is 1. The summed E-state index contributed by atoms with van der Waals surface area (Å²) in [7, 11) is 7.89. The number of hydrogen-bond acceptors (Lipinski definition) is 9. The van der Waals surface area contributed by atoms with Gasteiger partial charge in [-0.15, -0.1) is 0 Å². The van der Waals surface area contributed by atoms with E-state index in [0.29, 0.717) is 48.5 Å². The summed E-state index contributed by atoms with van der Waals surface area (Å²) in [5, 5.41) is 2.92. The van der Waals surface area contributed by atoms with Crippen LogP contribution >= 0.6 is 11.5 Å². The van der Waals surface area contributed by atoms with Crippen molar-refractivity contribution in [3.8, 4) is 44.6 Å². The van der Waals surface area contributed by atoms with Crippen molar-refractivity contribution in [3.63, 3.8) is 0 Å². The molecule has 9 nitrogen and oxygen atoms in total. The molecule has 0 aliphatic carbocycles. The molecule has 0 bridgehead atoms. The topological polar surface area (TPSA) is 97.4 Å². The van der Waals surface area contributed by atoms with E-state index < -0.39 is 0 Å². The maximum Gasteiger partial charge on any atom is 0.226 e. The second kappa shape index (κ2) is 12.9. The van der Waals surface area contributed by atoms with Gasteiger partial charge in [-0.1, -0.05) is 6.07 Å². The van der Waals surface area contributed by atoms with Crippen LogP contribution in [0.2, 0.25) is 0 Å². The first-order valence-electron chi connectivity index (χ1n) is 10.9. The van der Waals surface area contributed by atoms with Crippen LogP contribution in [0.15, 0.2) is 36.5 Å². The largest absolute Gasteiger partial charge is 0.495 e. The number of carbonyl (C=O) groups excluding carboxylic acids is 1. The Morgan fingerprint density at radius 2 is 1.57 bits per heavy atom. The van der Waals surface area contributed by atoms with Gasteiger partial charge in [0, 0.05) is 24.4 Å². The molecule has 2 aromatic carbocycles. The molecule has 188 valence electrons. The minimum atomic E-state index is -0.175. The maximum atomic E-state index is 12.5. The lowest BCUT2D eigenvalue weighted by molar-refractivity contribution is -0.117. The van der Waals surface area contributed by atoms with E-state index in [1.165, 1.54) is 11.5 Å². The second-order valence-electron chi connectivity index (χ2n) is 7.30. The third-order valence-electron chi connectivity index (χ3n) is 5.19. The third kappa shape index (κ3) is 6.41. The van der Waals surface area contributed by atoms with Crippen LogP contribution in [-0.2, 0) is 14.3 Å². The highest BCUT2D eigenvalue weighted by molar-refractivity contribution is 7.10. The van der Waals surface area contributed by atoms with Crippen LogP contribution in [-0.4, -0.2) is 65.7 Å². The molecule has 0 aliphatic rings. The lowest BCUT2D eigenvalue weighted by Gasteiger charge is -2.15. The Kier molecular flexibility index (Phi) is 9.71. The Morgan fingerprint density at radius 1 is 0.857 bits per heavy atom. The molecule has 3 rings (SSSR count). The molecule has 1 aromatic heterocycles. The van der Waals surface area contributed by atoms with Gasteiger partial charge in [-0.25, -0.2) is 0 Å². The number of carbonyl (C=O) groups is 1. The van der Waals surface area contributed by atoms with E-state index in [0.717, 1.165) is 21.6 Å². The molecule has 0 unspecified atom stereocenters. The number of nitrogens with one attached hydrogen (secondary N) is 1. The van der Waals surface area contributed by atoms with Crippen LogP contribution in [0.1, 0.15) is 6.42 Å². The first kappa shape index (κ1) is 26.3. The van der Waals surface area contributed by atoms with Gasteiger partial charge in [-0.05, 0) is 41.4 Å². The minimum Gasteiger partial charge on any atom is -0.495 e. The predicted molar refractivity (Wildman–Crippen MR) is 135 cm³/mol. The highest BCUT2D eigenvalue weighted by Gasteiger charge is 2.19. The summed E-state index contributed by atoms with van der Waals surface area (Å²) in [6.07, 6.45) is 2.01. The monoisotopic (exact) mass is 502 g/mol. The number of anilines is 1. The molecular weight excluding hydrogens is 472 g/mol. The Labute approximate surface area is 209 Å². The van der Waals surface area contributed by atoms with E-state index in [1.807, 2.05) is 30.3 Å². The summed E-state index contributed by atoms with van der Waals surface area (Å²) in [6.45, 7) is 1.23. The predicted octanol–water partition coefficient (Wildman–Crippen LogP) is 4.50. The van der Waals surface area contributed by atoms with Crippen LogP contribution in [0.4, 0.5) is 5.69 Å². The number of amides is 1. The standard InChI is InChI=1S/C25H30N2O7S/c1-29-10-11-34-9-8-23(28)27-19-12-16(6-7-20(19)30-2)18-15-26-35-25(18)17-13-21(31-3)24(33-5)22(14-17)32-4/h6-7,12-15H,8-11H2,1-5H3,(H,27,28). The first-order valence-corrected chi connectivity index (χ1v) is 11.6. The van der Waals surface area contributed by atoms with Crippen molar-refractivity contribution in [3.05, 3.63) is 36.5 Å². The fraction of sp³-hybridized carbons (Fsp3) is 0.360. The molecule has 0 radical (unpaired) electrons. The number of methoxy groups -OCH3 is 5. The van der Waals surface area contributed by atoms with E-state index in [1.54, 1.807) is 41.7 Å². The second-order valence-corrected chi connectivity index (χ2v) is 8.10. The Balaban J connectivity index is 1.89. The maximum absolute atomic E-state index is 12.5. The number of benzene rings is 2. The molecule has 1 heterocycles. The first-order chi connectivity index (χ1) is 17.1. The summed E-state index contributed by atoms with van der Waals surface area (Å²) in [5.74, 6) is 2.00. The van der Waals surface area contributed by atoms with Crippen LogP contribution in [0, 0.1) is 0 Å². The van der Waals surface area contributed by atoms with Gasteiger partial charge in [0.15, 0.2) is 11.5 Å². The zero-order valence-corrected chi connectivity index (χ0v) is 21.3. The van der Waals surface area contributed by atoms with Crippen molar-refractivity contribution in [2.45, 2.75) is 6.42 Å². The summed E-state index contributed by atoms with van der Waals surface area (Å²) in [6, 6.07) is 9.38. The lowest BCUT2D eigenvalue weighted by atomic mass is 10.0. The SMILES string of the molecule is COCCOCCC(=O)Nc1cc(-c2cnsc2-c2cc(OC)c(OC)c(OC)c2)ccc1OC. The normalized spacial score (nSPS) is 10.7. The molecule has 10 heteroatoms. The fourth-order valence-corrected chi connectivity index (χ4v) is 4.22. The highest BCUT2D eigenvalue weighted by Crippen LogP contribution is 2.45. The van der Waals surface area contributed by atoms with Crippen molar-refractivity contribution < 1.29 is 33.2 Å². The van der Waals surface area contributed by atoms with E-state index in [9.17, 15) is 4.79 Å². The summed E-state index contributed by atoms with van der Waals surface area (Å²) < 4.78 is 36.6. The molecule has 1 amide bonds. The van der Waals surface area contributed by atoms with Gasteiger partial charge in [0.2, 0.25) is 11.7 Å². The fourth-order valence-electron chi connectivity index (χ4n) is 3.46. The third-order valence-corrected chi connectivity index (χ3v) is 6.04. The summed E-state index contributed by atoms with van der Waals surface area (Å²) in [4.78, 5) is 13.4. The molecule has 0 fully saturated rings. The number of rotatable bonds is 13. The van der Waals surface area contributed by atoms with E-state index in [4.69, 9.17) is 28.4 Å². The zero-order chi connectivity index (χ0) is 25.2. The van der Waals surface area contributed by atoms with E-state index in [2.05, 4.69) is 9.69 Å². The van der Waals surface area contributed by atoms with Crippen molar-refractivity contribution >= 4 is 23.1 Å². The summed E-state index contributed by atoms with van der Waals surface area (Å²) >= 11 is 1.35. The van der Waals surface area contributed by atoms with E-state index in [-0.39, 0.29) is 12.3 Å². The van der Waals surface area contributed by atoms with Crippen molar-refractivity contribution in [1.29, 1.82) is 0 Å². The van der Waals surface area contributed by atoms with Gasteiger partial charge in [-0.2, -0.15) is 4.37 Å². The van der Waals surface area contributed by atoms with Crippen molar-refractivity contribution in [2.75, 3.05) is 60.7 Å². The highest BCUT2D eigenvalue weighted by atomic mass is 32.1. The molecule has 3 aromatic rings. The molecular formula is C25H30N2O7S. The number of nitrogens with zero attached hydrogens (tertiary/aromatic N) is 1. The smallest absolute Gasteiger partial charge is 0.226 e. The van der Waals surface area contributed by atoms with Gasteiger partial charge in [-0.3, -0.25) is 4.79 Å². The number of hydrogen-bond donors (Lipinski definition) is 1. The van der Waals surface area contributed by atoms with Gasteiger partial charge < -0.3 is 33.7 Å². The summed E-state index contributed by atoms with van der Waals surface area (Å²) in [5.41, 5.74) is 3.20. The van der Waals surface area contributed by atoms with Crippen molar-refractivity contribution in [2.24, 2.45) is 0 Å². The van der Waals surface area contributed by atoms with Gasteiger partial charge in [0.1, 0.15) is 5.75 Å². The van der Waals surface area contributed by atoms with Crippen LogP contribution in [0.5, 0.6) is 23.0 Å². The van der Waals surface area contributed by atoms with Crippen LogP contribution in [0.3, 0.4) is 0 Å². The quantitative estimate of drug-likeness (QED) is 0.341. The van der Waals surface area contributed by atoms with Gasteiger partial charge >= 0.3 is 0 Å². The van der Waals surface area contributed by atoms with E-state index >= 15 is 0 Å². The molecule has 0 aliphatic heterocycles. The molecule has 35 heavy (non-hydrogen) atoms. The zero-order valence-electron chi connectivity index (χ0n) is 20.5. The lowest BCUT2D eigenvalue weighted by Crippen LogP contribution is -2.15. The molecule has 0 atom stereocenters. The van der Waals surface area contributed by atoms with Gasteiger partial charge in [0.25, 0.3) is 0 Å². The molecule has 1 N–H and O–H groups in total. The molecule has 0 saturated carbocycles. The Morgan fingerprint density at radius 3 is 2.20 bits per heavy atom. The number of ether oxygens (including phenoxy) is 6. The average Bonchev–Trinajstić information content (AvgIpc) is 3.37. The van der Waals surface area contributed by atoms with Crippen molar-refractivity contribution in [1.82, 2.24) is 4.37 Å². The molecule has 0 spiro atoms. The average molecular weight is 503 g/mol. The van der Waals surface area contributed by atoms with Crippen LogP contribution < -0.4 is 24.3 Å². The minimum absolute atomic E-state index is 0.175. The molecule has 0 saturated heterocycles. The van der Waals surface area contributed by atoms with Gasteiger partial charge in [0.05, 0.1) is 65.2 Å². The Bertz CT molecular complexity index is 1110. The van der Waals surface area contributed by atoms with Crippen LogP contribution in [0.25, 0.3) is 21.6 Å². The Hall–Kier alpha value is -3.34.